The van der Waals surface area contributed by atoms with E-state index in [1.165, 1.54) is 31.4 Å². The molecule has 0 N–H and O–H groups in total. The molecule has 1 aromatic heterocycles. The van der Waals surface area contributed by atoms with Gasteiger partial charge in [0.15, 0.2) is 0 Å². The molecule has 1 heterocycles. The average molecular weight is 335 g/mol. The molecule has 0 aliphatic rings. The van der Waals surface area contributed by atoms with Crippen molar-refractivity contribution >= 4 is 29.2 Å². The first kappa shape index (κ1) is 16.8. The second-order valence-electron chi connectivity index (χ2n) is 4.59. The molecule has 23 heavy (non-hydrogen) atoms. The van der Waals surface area contributed by atoms with Crippen LogP contribution in [-0.4, -0.2) is 38.1 Å². The topological polar surface area (TPSA) is 68.7 Å². The Morgan fingerprint density at radius 1 is 1.22 bits per heavy atom. The molecular weight excluding hydrogens is 320 g/mol. The van der Waals surface area contributed by atoms with Gasteiger partial charge < -0.3 is 14.4 Å². The molecule has 1 aromatic carbocycles. The Morgan fingerprint density at radius 3 is 2.52 bits per heavy atom. The maximum atomic E-state index is 12.6. The number of rotatable bonds is 4. The number of benzene rings is 1. The Hall–Kier alpha value is -2.60. The Balaban J connectivity index is 2.37. The van der Waals surface area contributed by atoms with Crippen molar-refractivity contribution in [2.45, 2.75) is 0 Å². The smallest absolute Gasteiger partial charge is 0.339 e. The monoisotopic (exact) mass is 334 g/mol. The first-order valence-electron chi connectivity index (χ1n) is 6.64. The van der Waals surface area contributed by atoms with Gasteiger partial charge in [0.25, 0.3) is 5.91 Å². The minimum Gasteiger partial charge on any atom is -0.480 e. The number of aromatic nitrogens is 1. The predicted molar refractivity (Wildman–Crippen MR) is 86.3 cm³/mol. The van der Waals surface area contributed by atoms with Crippen LogP contribution < -0.4 is 9.64 Å². The van der Waals surface area contributed by atoms with Crippen LogP contribution in [-0.2, 0) is 4.74 Å². The van der Waals surface area contributed by atoms with Crippen LogP contribution in [0.3, 0.4) is 0 Å². The van der Waals surface area contributed by atoms with E-state index in [9.17, 15) is 9.59 Å². The van der Waals surface area contributed by atoms with E-state index >= 15 is 0 Å². The number of nitrogens with zero attached hydrogens (tertiary/aromatic N) is 2. The second kappa shape index (κ2) is 7.11. The molecule has 7 heteroatoms. The van der Waals surface area contributed by atoms with E-state index < -0.39 is 5.97 Å². The van der Waals surface area contributed by atoms with Gasteiger partial charge in [-0.3, -0.25) is 4.79 Å². The van der Waals surface area contributed by atoms with Crippen LogP contribution in [0.25, 0.3) is 0 Å². The van der Waals surface area contributed by atoms with Crippen molar-refractivity contribution in [3.8, 4) is 5.88 Å². The summed E-state index contributed by atoms with van der Waals surface area (Å²) < 4.78 is 9.70. The van der Waals surface area contributed by atoms with Crippen LogP contribution in [0.4, 0.5) is 5.69 Å². The van der Waals surface area contributed by atoms with Gasteiger partial charge in [-0.15, -0.1) is 0 Å². The van der Waals surface area contributed by atoms with E-state index in [0.717, 1.165) is 0 Å². The molecule has 2 aromatic rings. The average Bonchev–Trinajstić information content (AvgIpc) is 2.59. The lowest BCUT2D eigenvalue weighted by molar-refractivity contribution is 0.0601. The molecule has 0 radical (unpaired) electrons. The lowest BCUT2D eigenvalue weighted by atomic mass is 10.1. The summed E-state index contributed by atoms with van der Waals surface area (Å²) in [6.45, 7) is 0. The van der Waals surface area contributed by atoms with Gasteiger partial charge in [-0.1, -0.05) is 23.7 Å². The van der Waals surface area contributed by atoms with Gasteiger partial charge in [0, 0.05) is 13.2 Å². The van der Waals surface area contributed by atoms with Gasteiger partial charge in [-0.05, 0) is 18.2 Å². The van der Waals surface area contributed by atoms with Gasteiger partial charge in [0.1, 0.15) is 5.02 Å². The zero-order chi connectivity index (χ0) is 17.0. The summed E-state index contributed by atoms with van der Waals surface area (Å²) in [6.07, 6.45) is 1.37. The summed E-state index contributed by atoms with van der Waals surface area (Å²) in [7, 11) is 4.28. The van der Waals surface area contributed by atoms with Gasteiger partial charge in [0.2, 0.25) is 5.88 Å². The summed E-state index contributed by atoms with van der Waals surface area (Å²) in [4.78, 5) is 29.7. The summed E-state index contributed by atoms with van der Waals surface area (Å²) >= 11 is 6.00. The highest BCUT2D eigenvalue weighted by molar-refractivity contribution is 6.32. The van der Waals surface area contributed by atoms with Crippen molar-refractivity contribution in [3.05, 3.63) is 52.7 Å². The number of esters is 1. The molecule has 6 nitrogen and oxygen atoms in total. The van der Waals surface area contributed by atoms with E-state index in [4.69, 9.17) is 21.1 Å². The lowest BCUT2D eigenvalue weighted by Crippen LogP contribution is -2.28. The summed E-state index contributed by atoms with van der Waals surface area (Å²) in [6, 6.07) is 8.13. The Morgan fingerprint density at radius 2 is 1.91 bits per heavy atom. The third-order valence-corrected chi connectivity index (χ3v) is 3.49. The lowest BCUT2D eigenvalue weighted by Gasteiger charge is -2.20. The molecule has 0 saturated carbocycles. The molecule has 0 aliphatic carbocycles. The number of ether oxygens (including phenoxy) is 2. The van der Waals surface area contributed by atoms with Crippen molar-refractivity contribution in [2.24, 2.45) is 0 Å². The van der Waals surface area contributed by atoms with E-state index in [0.29, 0.717) is 11.3 Å². The van der Waals surface area contributed by atoms with Crippen molar-refractivity contribution in [3.63, 3.8) is 0 Å². The number of pyridine rings is 1. The first-order valence-corrected chi connectivity index (χ1v) is 7.02. The minimum atomic E-state index is -0.522. The molecule has 0 bridgehead atoms. The fourth-order valence-corrected chi connectivity index (χ4v) is 2.29. The van der Waals surface area contributed by atoms with Gasteiger partial charge >= 0.3 is 5.97 Å². The molecule has 0 unspecified atom stereocenters. The Labute approximate surface area is 138 Å². The third-order valence-electron chi connectivity index (χ3n) is 3.22. The second-order valence-corrected chi connectivity index (χ2v) is 5.00. The van der Waals surface area contributed by atoms with Crippen LogP contribution >= 0.6 is 11.6 Å². The van der Waals surface area contributed by atoms with Crippen molar-refractivity contribution < 1.29 is 19.1 Å². The Kier molecular flexibility index (Phi) is 5.18. The highest BCUT2D eigenvalue weighted by Gasteiger charge is 2.21. The SMILES string of the molecule is COC(=O)c1ccccc1N(C)C(=O)c1cnc(OC)c(Cl)c1. The predicted octanol–water partition coefficient (Wildman–Crippen LogP) is 2.81. The molecule has 120 valence electrons. The van der Waals surface area contributed by atoms with Crippen LogP contribution in [0, 0.1) is 0 Å². The fourth-order valence-electron chi connectivity index (χ4n) is 2.04. The van der Waals surface area contributed by atoms with Gasteiger partial charge in [-0.25, -0.2) is 9.78 Å². The van der Waals surface area contributed by atoms with Crippen LogP contribution in [0.15, 0.2) is 36.5 Å². The zero-order valence-corrected chi connectivity index (χ0v) is 13.6. The molecule has 0 spiro atoms. The third kappa shape index (κ3) is 3.43. The summed E-state index contributed by atoms with van der Waals surface area (Å²) in [5.41, 5.74) is 0.993. The zero-order valence-electron chi connectivity index (χ0n) is 12.9. The Bertz CT molecular complexity index is 749. The molecule has 0 aliphatic heterocycles. The van der Waals surface area contributed by atoms with Crippen LogP contribution in [0.1, 0.15) is 20.7 Å². The molecule has 0 fully saturated rings. The van der Waals surface area contributed by atoms with Crippen molar-refractivity contribution in [2.75, 3.05) is 26.2 Å². The maximum Gasteiger partial charge on any atom is 0.339 e. The van der Waals surface area contributed by atoms with Crippen molar-refractivity contribution in [1.82, 2.24) is 4.98 Å². The van der Waals surface area contributed by atoms with Gasteiger partial charge in [-0.2, -0.15) is 0 Å². The normalized spacial score (nSPS) is 10.1. The number of carbonyl (C=O) groups excluding carboxylic acids is 2. The van der Waals surface area contributed by atoms with Crippen molar-refractivity contribution in [1.29, 1.82) is 0 Å². The standard InChI is InChI=1S/C16H15ClN2O4/c1-19(13-7-5-4-6-11(13)16(21)23-3)15(20)10-8-12(17)14(22-2)18-9-10/h4-9H,1-3H3. The number of methoxy groups -OCH3 is 2. The fraction of sp³-hybridized carbons (Fsp3) is 0.188. The van der Waals surface area contributed by atoms with E-state index in [2.05, 4.69) is 4.98 Å². The highest BCUT2D eigenvalue weighted by atomic mass is 35.5. The maximum absolute atomic E-state index is 12.6. The molecule has 0 atom stereocenters. The van der Waals surface area contributed by atoms with Crippen LogP contribution in [0.2, 0.25) is 5.02 Å². The number of hydrogen-bond acceptors (Lipinski definition) is 5. The van der Waals surface area contributed by atoms with Crippen LogP contribution in [0.5, 0.6) is 5.88 Å². The summed E-state index contributed by atoms with van der Waals surface area (Å²) in [5.74, 6) is -0.648. The quantitative estimate of drug-likeness (QED) is 0.804. The largest absolute Gasteiger partial charge is 0.480 e. The molecule has 2 rings (SSSR count). The number of anilines is 1. The number of amides is 1. The number of halogens is 1. The van der Waals surface area contributed by atoms with E-state index in [-0.39, 0.29) is 22.4 Å². The number of para-hydroxylation sites is 1. The molecule has 0 saturated heterocycles. The number of hydrogen-bond donors (Lipinski definition) is 0. The first-order chi connectivity index (χ1) is 11.0. The minimum absolute atomic E-state index is 0.230. The highest BCUT2D eigenvalue weighted by Crippen LogP contribution is 2.25. The molecular formula is C16H15ClN2O4. The van der Waals surface area contributed by atoms with Gasteiger partial charge in [0.05, 0.1) is 31.0 Å². The summed E-state index contributed by atoms with van der Waals surface area (Å²) in [5, 5.41) is 0.230. The van der Waals surface area contributed by atoms with E-state index in [1.807, 2.05) is 0 Å². The van der Waals surface area contributed by atoms with E-state index in [1.54, 1.807) is 31.3 Å². The molecule has 1 amide bonds. The number of carbonyl (C=O) groups is 2.